The Morgan fingerprint density at radius 2 is 2.11 bits per heavy atom. The Hall–Kier alpha value is -2.29. The topological polar surface area (TPSA) is 58.5 Å². The highest BCUT2D eigenvalue weighted by Crippen LogP contribution is 2.30. The van der Waals surface area contributed by atoms with Gasteiger partial charge in [0.1, 0.15) is 5.75 Å². The molecule has 0 amide bonds. The molecule has 0 radical (unpaired) electrons. The number of methoxy groups -OCH3 is 1. The number of nitrogens with zero attached hydrogens (tertiary/aromatic N) is 2. The molecular weight excluding hydrogens is 377 g/mol. The molecule has 2 aromatic rings. The molecule has 148 valence electrons. The summed E-state index contributed by atoms with van der Waals surface area (Å²) in [6.45, 7) is 4.41. The standard InChI is InChI=1S/C18H23F3N4OS/c1-11-5-6-14(26-4)13(9-11)12(2)24-17(22-3)23-8-7-16-25-15(10-27-16)18(19,20)21/h5-6,9-10,12H,7-8H2,1-4H3,(H2,22,23,24). The Labute approximate surface area is 160 Å². The molecule has 0 fully saturated rings. The highest BCUT2D eigenvalue weighted by atomic mass is 32.1. The van der Waals surface area contributed by atoms with Crippen LogP contribution in [0.1, 0.15) is 34.8 Å². The van der Waals surface area contributed by atoms with E-state index in [0.29, 0.717) is 23.9 Å². The van der Waals surface area contributed by atoms with Crippen molar-refractivity contribution in [3.63, 3.8) is 0 Å². The summed E-state index contributed by atoms with van der Waals surface area (Å²) in [7, 11) is 3.26. The third kappa shape index (κ3) is 5.85. The summed E-state index contributed by atoms with van der Waals surface area (Å²) < 4.78 is 43.2. The van der Waals surface area contributed by atoms with Gasteiger partial charge in [-0.25, -0.2) is 4.98 Å². The van der Waals surface area contributed by atoms with Crippen molar-refractivity contribution in [2.45, 2.75) is 32.5 Å². The first-order valence-corrected chi connectivity index (χ1v) is 9.26. The second-order valence-corrected chi connectivity index (χ2v) is 6.93. The normalized spacial score (nSPS) is 13.4. The number of aryl methyl sites for hydroxylation is 1. The molecule has 0 aliphatic carbocycles. The lowest BCUT2D eigenvalue weighted by Gasteiger charge is -2.20. The van der Waals surface area contributed by atoms with Crippen LogP contribution < -0.4 is 15.4 Å². The molecule has 0 aliphatic rings. The van der Waals surface area contributed by atoms with Crippen molar-refractivity contribution in [1.82, 2.24) is 15.6 Å². The number of ether oxygens (including phenoxy) is 1. The van der Waals surface area contributed by atoms with Crippen molar-refractivity contribution < 1.29 is 17.9 Å². The van der Waals surface area contributed by atoms with Crippen LogP contribution in [-0.2, 0) is 12.6 Å². The van der Waals surface area contributed by atoms with Crippen LogP contribution in [0.15, 0.2) is 28.6 Å². The molecule has 27 heavy (non-hydrogen) atoms. The van der Waals surface area contributed by atoms with Crippen molar-refractivity contribution in [2.24, 2.45) is 4.99 Å². The molecule has 1 unspecified atom stereocenters. The Morgan fingerprint density at radius 1 is 1.37 bits per heavy atom. The fourth-order valence-corrected chi connectivity index (χ4v) is 3.32. The minimum absolute atomic E-state index is 0.0669. The summed E-state index contributed by atoms with van der Waals surface area (Å²) in [6, 6.07) is 5.87. The van der Waals surface area contributed by atoms with Gasteiger partial charge in [-0.2, -0.15) is 13.2 Å². The van der Waals surface area contributed by atoms with E-state index in [9.17, 15) is 13.2 Å². The smallest absolute Gasteiger partial charge is 0.434 e. The van der Waals surface area contributed by atoms with Crippen LogP contribution in [0.25, 0.3) is 0 Å². The largest absolute Gasteiger partial charge is 0.496 e. The zero-order valence-corrected chi connectivity index (χ0v) is 16.5. The number of rotatable bonds is 6. The van der Waals surface area contributed by atoms with Gasteiger partial charge in [-0.1, -0.05) is 17.7 Å². The summed E-state index contributed by atoms with van der Waals surface area (Å²) in [5.41, 5.74) is 1.27. The second-order valence-electron chi connectivity index (χ2n) is 5.98. The maximum Gasteiger partial charge on any atom is 0.434 e. The van der Waals surface area contributed by atoms with Gasteiger partial charge < -0.3 is 15.4 Å². The van der Waals surface area contributed by atoms with Gasteiger partial charge in [0.15, 0.2) is 11.7 Å². The average molecular weight is 400 g/mol. The Kier molecular flexibility index (Phi) is 7.06. The number of aromatic nitrogens is 1. The molecule has 9 heteroatoms. The quantitative estimate of drug-likeness (QED) is 0.570. The van der Waals surface area contributed by atoms with Crippen molar-refractivity contribution in [1.29, 1.82) is 0 Å². The number of alkyl halides is 3. The van der Waals surface area contributed by atoms with Crippen LogP contribution in [0.2, 0.25) is 0 Å². The molecule has 0 saturated carbocycles. The predicted molar refractivity (Wildman–Crippen MR) is 101 cm³/mol. The maximum atomic E-state index is 12.6. The molecule has 5 nitrogen and oxygen atoms in total. The van der Waals surface area contributed by atoms with Crippen LogP contribution in [0, 0.1) is 6.92 Å². The van der Waals surface area contributed by atoms with Crippen LogP contribution in [-0.4, -0.2) is 31.6 Å². The number of hydrogen-bond donors (Lipinski definition) is 2. The third-order valence-corrected chi connectivity index (χ3v) is 4.81. The van der Waals surface area contributed by atoms with Crippen molar-refractivity contribution in [3.8, 4) is 5.75 Å². The monoisotopic (exact) mass is 400 g/mol. The van der Waals surface area contributed by atoms with Crippen molar-refractivity contribution in [3.05, 3.63) is 45.4 Å². The molecule has 1 aromatic heterocycles. The summed E-state index contributed by atoms with van der Waals surface area (Å²) in [5.74, 6) is 1.33. The van der Waals surface area contributed by atoms with Crippen molar-refractivity contribution >= 4 is 17.3 Å². The van der Waals surface area contributed by atoms with Crippen molar-refractivity contribution in [2.75, 3.05) is 20.7 Å². The Morgan fingerprint density at radius 3 is 2.70 bits per heavy atom. The predicted octanol–water partition coefficient (Wildman–Crippen LogP) is 3.95. The number of thiazole rings is 1. The van der Waals surface area contributed by atoms with Crippen LogP contribution in [0.5, 0.6) is 5.75 Å². The fraction of sp³-hybridized carbons (Fsp3) is 0.444. The highest BCUT2D eigenvalue weighted by molar-refractivity contribution is 7.09. The number of guanidine groups is 1. The van der Waals surface area contributed by atoms with E-state index in [1.54, 1.807) is 14.2 Å². The summed E-state index contributed by atoms with van der Waals surface area (Å²) in [6.07, 6.45) is -4.02. The minimum Gasteiger partial charge on any atom is -0.496 e. The van der Waals surface area contributed by atoms with E-state index in [-0.39, 0.29) is 6.04 Å². The molecule has 1 aromatic carbocycles. The third-order valence-electron chi connectivity index (χ3n) is 3.90. The van der Waals surface area contributed by atoms with E-state index in [4.69, 9.17) is 4.74 Å². The van der Waals surface area contributed by atoms with Gasteiger partial charge in [0.2, 0.25) is 0 Å². The minimum atomic E-state index is -4.40. The molecule has 1 heterocycles. The second kappa shape index (κ2) is 9.07. The highest BCUT2D eigenvalue weighted by Gasteiger charge is 2.33. The maximum absolute atomic E-state index is 12.6. The Balaban J connectivity index is 1.92. The lowest BCUT2D eigenvalue weighted by molar-refractivity contribution is -0.140. The number of halogens is 3. The number of aliphatic imine (C=N–C) groups is 1. The fourth-order valence-electron chi connectivity index (χ4n) is 2.51. The van der Waals surface area contributed by atoms with Crippen LogP contribution in [0.3, 0.4) is 0 Å². The summed E-state index contributed by atoms with van der Waals surface area (Å²) >= 11 is 1.01. The molecular formula is C18H23F3N4OS. The van der Waals surface area contributed by atoms with Gasteiger partial charge in [0.05, 0.1) is 18.2 Å². The molecule has 1 atom stereocenters. The van der Waals surface area contributed by atoms with Crippen LogP contribution in [0.4, 0.5) is 13.2 Å². The molecule has 2 N–H and O–H groups in total. The lowest BCUT2D eigenvalue weighted by atomic mass is 10.0. The first-order chi connectivity index (χ1) is 12.7. The van der Waals surface area contributed by atoms with Gasteiger partial charge in [0.25, 0.3) is 0 Å². The van der Waals surface area contributed by atoms with E-state index in [0.717, 1.165) is 33.6 Å². The summed E-state index contributed by atoms with van der Waals surface area (Å²) in [5, 5.41) is 7.83. The molecule has 2 rings (SSSR count). The van der Waals surface area contributed by atoms with Gasteiger partial charge >= 0.3 is 6.18 Å². The average Bonchev–Trinajstić information content (AvgIpc) is 3.10. The number of hydrogen-bond acceptors (Lipinski definition) is 4. The van der Waals surface area contributed by atoms with Gasteiger partial charge in [-0.05, 0) is 19.9 Å². The molecule has 0 saturated heterocycles. The molecule has 0 aliphatic heterocycles. The van der Waals surface area contributed by atoms with E-state index < -0.39 is 11.9 Å². The van der Waals surface area contributed by atoms with E-state index in [2.05, 4.69) is 20.6 Å². The van der Waals surface area contributed by atoms with Gasteiger partial charge in [-0.15, -0.1) is 11.3 Å². The van der Waals surface area contributed by atoms with E-state index in [1.165, 1.54) is 0 Å². The van der Waals surface area contributed by atoms with Gasteiger partial charge in [0, 0.05) is 31.0 Å². The number of benzene rings is 1. The zero-order valence-electron chi connectivity index (χ0n) is 15.6. The van der Waals surface area contributed by atoms with Gasteiger partial charge in [-0.3, -0.25) is 4.99 Å². The lowest BCUT2D eigenvalue weighted by Crippen LogP contribution is -2.39. The van der Waals surface area contributed by atoms with E-state index >= 15 is 0 Å². The first kappa shape index (κ1) is 21.0. The van der Waals surface area contributed by atoms with E-state index in [1.807, 2.05) is 32.0 Å². The Bertz CT molecular complexity index is 789. The molecule has 0 spiro atoms. The first-order valence-electron chi connectivity index (χ1n) is 8.38. The molecule has 0 bridgehead atoms. The zero-order chi connectivity index (χ0) is 20.0. The van der Waals surface area contributed by atoms with Crippen LogP contribution >= 0.6 is 11.3 Å². The summed E-state index contributed by atoms with van der Waals surface area (Å²) in [4.78, 5) is 7.79. The number of nitrogens with one attached hydrogen (secondary N) is 2. The SMILES string of the molecule is CN=C(NCCc1nc(C(F)(F)F)cs1)NC(C)c1cc(C)ccc1OC.